The fraction of sp³-hybridized carbons (Fsp3) is 0.333. The average molecular weight is 250 g/mol. The molecule has 1 unspecified atom stereocenters. The minimum absolute atomic E-state index is 0.139. The van der Waals surface area contributed by atoms with Crippen LogP contribution in [0.25, 0.3) is 0 Å². The minimum Gasteiger partial charge on any atom is -0.508 e. The molecule has 1 fully saturated rings. The van der Waals surface area contributed by atoms with Crippen LogP contribution in [0.4, 0.5) is 0 Å². The number of nitrogens with zero attached hydrogens (tertiary/aromatic N) is 1. The molecule has 2 rings (SSSR count). The Kier molecular flexibility index (Phi) is 3.10. The van der Waals surface area contributed by atoms with E-state index in [1.807, 2.05) is 0 Å². The summed E-state index contributed by atoms with van der Waals surface area (Å²) in [4.78, 5) is 24.7. The summed E-state index contributed by atoms with van der Waals surface area (Å²) < 4.78 is 0. The van der Waals surface area contributed by atoms with Crippen LogP contribution in [0.2, 0.25) is 0 Å². The number of primary amides is 1. The van der Waals surface area contributed by atoms with E-state index in [9.17, 15) is 19.8 Å². The molecule has 6 nitrogen and oxygen atoms in total. The lowest BCUT2D eigenvalue weighted by atomic mass is 10.1. The normalized spacial score (nSPS) is 18.9. The van der Waals surface area contributed by atoms with Gasteiger partial charge in [0.15, 0.2) is 0 Å². The number of carbonyl (C=O) groups is 2. The maximum atomic E-state index is 12.2. The quantitative estimate of drug-likeness (QED) is 0.696. The zero-order valence-corrected chi connectivity index (χ0v) is 9.67. The van der Waals surface area contributed by atoms with Gasteiger partial charge in [0.25, 0.3) is 5.91 Å². The number of phenolic OH excluding ortho intramolecular Hbond substituents is 2. The number of phenols is 2. The predicted molar refractivity (Wildman–Crippen MR) is 63.0 cm³/mol. The van der Waals surface area contributed by atoms with Gasteiger partial charge in [-0.05, 0) is 25.0 Å². The van der Waals surface area contributed by atoms with Gasteiger partial charge in [-0.15, -0.1) is 0 Å². The fourth-order valence-electron chi connectivity index (χ4n) is 2.19. The monoisotopic (exact) mass is 250 g/mol. The molecule has 2 amide bonds. The Hall–Kier alpha value is -2.24. The van der Waals surface area contributed by atoms with Gasteiger partial charge in [-0.3, -0.25) is 9.59 Å². The molecule has 1 aromatic carbocycles. The molecule has 1 heterocycles. The van der Waals surface area contributed by atoms with Crippen LogP contribution in [-0.4, -0.2) is 39.5 Å². The summed E-state index contributed by atoms with van der Waals surface area (Å²) in [6.07, 6.45) is 1.26. The van der Waals surface area contributed by atoms with Crippen LogP contribution in [0.1, 0.15) is 23.2 Å². The first-order chi connectivity index (χ1) is 8.49. The summed E-state index contributed by atoms with van der Waals surface area (Å²) in [5, 5.41) is 18.7. The smallest absolute Gasteiger partial charge is 0.254 e. The molecule has 1 aromatic rings. The van der Waals surface area contributed by atoms with Crippen LogP contribution in [0.5, 0.6) is 11.5 Å². The van der Waals surface area contributed by atoms with Crippen molar-refractivity contribution >= 4 is 11.8 Å². The molecule has 4 N–H and O–H groups in total. The van der Waals surface area contributed by atoms with Crippen molar-refractivity contribution in [3.05, 3.63) is 23.8 Å². The molecule has 1 aliphatic rings. The first-order valence-electron chi connectivity index (χ1n) is 5.62. The molecular formula is C12H14N2O4. The maximum absolute atomic E-state index is 12.2. The van der Waals surface area contributed by atoms with Crippen molar-refractivity contribution in [1.29, 1.82) is 0 Å². The SMILES string of the molecule is NC(=O)C1CCCN1C(=O)c1cc(O)cc(O)c1. The predicted octanol–water partition coefficient (Wildman–Crippen LogP) is 0.188. The molecule has 18 heavy (non-hydrogen) atoms. The lowest BCUT2D eigenvalue weighted by Crippen LogP contribution is -2.43. The van der Waals surface area contributed by atoms with Crippen molar-refractivity contribution in [1.82, 2.24) is 4.90 Å². The van der Waals surface area contributed by atoms with Gasteiger partial charge >= 0.3 is 0 Å². The van der Waals surface area contributed by atoms with Gasteiger partial charge in [-0.2, -0.15) is 0 Å². The largest absolute Gasteiger partial charge is 0.508 e. The van der Waals surface area contributed by atoms with Crippen molar-refractivity contribution in [2.75, 3.05) is 6.54 Å². The number of aromatic hydroxyl groups is 2. The molecule has 0 saturated carbocycles. The topological polar surface area (TPSA) is 104 Å². The van der Waals surface area contributed by atoms with Gasteiger partial charge in [0, 0.05) is 18.2 Å². The van der Waals surface area contributed by atoms with Crippen molar-refractivity contribution in [2.45, 2.75) is 18.9 Å². The van der Waals surface area contributed by atoms with E-state index in [1.165, 1.54) is 17.0 Å². The number of hydrogen-bond donors (Lipinski definition) is 3. The van der Waals surface area contributed by atoms with Crippen LogP contribution < -0.4 is 5.73 Å². The van der Waals surface area contributed by atoms with Gasteiger partial charge < -0.3 is 20.8 Å². The summed E-state index contributed by atoms with van der Waals surface area (Å²) in [5.74, 6) is -1.35. The molecule has 0 aliphatic carbocycles. The number of carbonyl (C=O) groups excluding carboxylic acids is 2. The zero-order valence-electron chi connectivity index (χ0n) is 9.67. The molecule has 1 aliphatic heterocycles. The van der Waals surface area contributed by atoms with Crippen LogP contribution in [0.15, 0.2) is 18.2 Å². The lowest BCUT2D eigenvalue weighted by Gasteiger charge is -2.22. The van der Waals surface area contributed by atoms with E-state index in [2.05, 4.69) is 0 Å². The number of likely N-dealkylation sites (tertiary alicyclic amines) is 1. The Bertz CT molecular complexity index is 481. The molecule has 0 spiro atoms. The minimum atomic E-state index is -0.609. The molecule has 1 saturated heterocycles. The van der Waals surface area contributed by atoms with E-state index in [4.69, 9.17) is 5.73 Å². The summed E-state index contributed by atoms with van der Waals surface area (Å²) >= 11 is 0. The van der Waals surface area contributed by atoms with Crippen molar-refractivity contribution in [3.63, 3.8) is 0 Å². The first-order valence-corrected chi connectivity index (χ1v) is 5.62. The molecular weight excluding hydrogens is 236 g/mol. The van der Waals surface area contributed by atoms with Gasteiger partial charge in [0.1, 0.15) is 17.5 Å². The average Bonchev–Trinajstić information content (AvgIpc) is 2.75. The lowest BCUT2D eigenvalue weighted by molar-refractivity contribution is -0.121. The molecule has 1 atom stereocenters. The van der Waals surface area contributed by atoms with Crippen molar-refractivity contribution in [2.24, 2.45) is 5.73 Å². The number of hydrogen-bond acceptors (Lipinski definition) is 4. The van der Waals surface area contributed by atoms with E-state index in [0.717, 1.165) is 6.07 Å². The second-order valence-corrected chi connectivity index (χ2v) is 4.30. The number of amides is 2. The van der Waals surface area contributed by atoms with E-state index in [0.29, 0.717) is 19.4 Å². The fourth-order valence-corrected chi connectivity index (χ4v) is 2.19. The Labute approximate surface area is 104 Å². The molecule has 96 valence electrons. The number of benzene rings is 1. The molecule has 6 heteroatoms. The van der Waals surface area contributed by atoms with Gasteiger partial charge in [0.05, 0.1) is 0 Å². The Morgan fingerprint density at radius 2 is 1.83 bits per heavy atom. The number of nitrogens with two attached hydrogens (primary N) is 1. The highest BCUT2D eigenvalue weighted by molar-refractivity contribution is 5.98. The van der Waals surface area contributed by atoms with Gasteiger partial charge in [-0.25, -0.2) is 0 Å². The van der Waals surface area contributed by atoms with E-state index >= 15 is 0 Å². The summed E-state index contributed by atoms with van der Waals surface area (Å²) in [7, 11) is 0. The van der Waals surface area contributed by atoms with E-state index in [-0.39, 0.29) is 17.1 Å². The Balaban J connectivity index is 2.28. The third-order valence-electron chi connectivity index (χ3n) is 2.99. The van der Waals surface area contributed by atoms with Crippen LogP contribution in [-0.2, 0) is 4.79 Å². The Morgan fingerprint density at radius 1 is 1.22 bits per heavy atom. The van der Waals surface area contributed by atoms with Crippen LogP contribution in [0, 0.1) is 0 Å². The highest BCUT2D eigenvalue weighted by atomic mass is 16.3. The van der Waals surface area contributed by atoms with E-state index < -0.39 is 17.9 Å². The summed E-state index contributed by atoms with van der Waals surface area (Å²) in [6, 6.07) is 3.02. The van der Waals surface area contributed by atoms with Crippen LogP contribution >= 0.6 is 0 Å². The third-order valence-corrected chi connectivity index (χ3v) is 2.99. The maximum Gasteiger partial charge on any atom is 0.254 e. The summed E-state index contributed by atoms with van der Waals surface area (Å²) in [6.45, 7) is 0.447. The summed E-state index contributed by atoms with van der Waals surface area (Å²) in [5.41, 5.74) is 5.37. The molecule has 0 radical (unpaired) electrons. The van der Waals surface area contributed by atoms with E-state index in [1.54, 1.807) is 0 Å². The highest BCUT2D eigenvalue weighted by Gasteiger charge is 2.33. The van der Waals surface area contributed by atoms with Gasteiger partial charge in [0.2, 0.25) is 5.91 Å². The third kappa shape index (κ3) is 2.22. The van der Waals surface area contributed by atoms with Crippen molar-refractivity contribution < 1.29 is 19.8 Å². The second kappa shape index (κ2) is 4.56. The standard InChI is InChI=1S/C12H14N2O4/c13-11(17)10-2-1-3-14(10)12(18)7-4-8(15)6-9(16)5-7/h4-6,10,15-16H,1-3H2,(H2,13,17). The van der Waals surface area contributed by atoms with Gasteiger partial charge in [-0.1, -0.05) is 0 Å². The molecule has 0 bridgehead atoms. The molecule has 0 aromatic heterocycles. The second-order valence-electron chi connectivity index (χ2n) is 4.30. The van der Waals surface area contributed by atoms with Crippen LogP contribution in [0.3, 0.4) is 0 Å². The van der Waals surface area contributed by atoms with Crippen molar-refractivity contribution in [3.8, 4) is 11.5 Å². The number of rotatable bonds is 2. The Morgan fingerprint density at radius 3 is 2.39 bits per heavy atom. The zero-order chi connectivity index (χ0) is 13.3. The highest BCUT2D eigenvalue weighted by Crippen LogP contribution is 2.25. The first kappa shape index (κ1) is 12.2.